The van der Waals surface area contributed by atoms with Crippen molar-refractivity contribution in [1.82, 2.24) is 0 Å². The quantitative estimate of drug-likeness (QED) is 0.367. The number of rotatable bonds is 7. The molecule has 3 heteroatoms. The fourth-order valence-corrected chi connectivity index (χ4v) is 1.14. The molecule has 0 fully saturated rings. The van der Waals surface area contributed by atoms with Gasteiger partial charge in [-0.05, 0) is 12.5 Å². The van der Waals surface area contributed by atoms with Gasteiger partial charge in [-0.1, -0.05) is 20.4 Å². The molecule has 0 saturated carbocycles. The van der Waals surface area contributed by atoms with Gasteiger partial charge in [-0.3, -0.25) is 4.79 Å². The van der Waals surface area contributed by atoms with Crippen LogP contribution in [0.3, 0.4) is 0 Å². The number of ether oxygens (including phenoxy) is 1. The summed E-state index contributed by atoms with van der Waals surface area (Å²) >= 11 is 0. The molecule has 0 rings (SSSR count). The lowest BCUT2D eigenvalue weighted by molar-refractivity contribution is -0.884. The van der Waals surface area contributed by atoms with E-state index >= 15 is 0 Å². The number of nitrogens with zero attached hydrogens (tertiary/aromatic N) is 1. The van der Waals surface area contributed by atoms with Gasteiger partial charge in [0.2, 0.25) is 0 Å². The van der Waals surface area contributed by atoms with Gasteiger partial charge < -0.3 is 9.22 Å². The molecule has 1 atom stereocenters. The number of hydrogen-bond donors (Lipinski definition) is 0. The summed E-state index contributed by atoms with van der Waals surface area (Å²) in [7, 11) is 4.19. The van der Waals surface area contributed by atoms with E-state index in [4.69, 9.17) is 4.74 Å². The molecule has 0 aliphatic carbocycles. The normalized spacial score (nSPS) is 13.3. The Balaban J connectivity index is 3.78. The summed E-state index contributed by atoms with van der Waals surface area (Å²) in [5, 5.41) is 0. The molecule has 1 unspecified atom stereocenters. The minimum atomic E-state index is -0.0869. The highest BCUT2D eigenvalue weighted by molar-refractivity contribution is 5.71. The second kappa shape index (κ2) is 6.62. The lowest BCUT2D eigenvalue weighted by atomic mass is 10.1. The summed E-state index contributed by atoms with van der Waals surface area (Å²) in [5.74, 6) is -0.0730. The van der Waals surface area contributed by atoms with Crippen LogP contribution in [0.1, 0.15) is 20.3 Å². The Bertz CT molecular complexity index is 212. The van der Waals surface area contributed by atoms with Crippen molar-refractivity contribution in [2.24, 2.45) is 5.92 Å². The van der Waals surface area contributed by atoms with Crippen LogP contribution in [0, 0.1) is 5.92 Å². The van der Waals surface area contributed by atoms with Gasteiger partial charge in [0.05, 0.1) is 26.6 Å². The molecule has 88 valence electrons. The number of esters is 1. The summed E-state index contributed by atoms with van der Waals surface area (Å²) in [6, 6.07) is 0. The standard InChI is InChI=1S/C12H24NO2/c1-6-8-13(4,5)9-10-15-12(14)11(3)7-2/h6,11H,1,7-10H2,2-5H3/q+1. The summed E-state index contributed by atoms with van der Waals surface area (Å²) in [6.45, 7) is 9.80. The molecule has 15 heavy (non-hydrogen) atoms. The molecule has 0 amide bonds. The minimum Gasteiger partial charge on any atom is -0.459 e. The van der Waals surface area contributed by atoms with E-state index in [-0.39, 0.29) is 11.9 Å². The molecule has 0 aliphatic rings. The first-order valence-electron chi connectivity index (χ1n) is 5.52. The smallest absolute Gasteiger partial charge is 0.308 e. The molecule has 3 nitrogen and oxygen atoms in total. The van der Waals surface area contributed by atoms with Crippen LogP contribution < -0.4 is 0 Å². The monoisotopic (exact) mass is 214 g/mol. The lowest BCUT2D eigenvalue weighted by Crippen LogP contribution is -2.42. The third-order valence-corrected chi connectivity index (χ3v) is 2.58. The first-order chi connectivity index (χ1) is 6.93. The predicted molar refractivity (Wildman–Crippen MR) is 62.5 cm³/mol. The Labute approximate surface area is 93.3 Å². The van der Waals surface area contributed by atoms with E-state index in [0.717, 1.165) is 24.0 Å². The Morgan fingerprint density at radius 1 is 1.53 bits per heavy atom. The van der Waals surface area contributed by atoms with Gasteiger partial charge in [-0.15, -0.1) is 0 Å². The van der Waals surface area contributed by atoms with Gasteiger partial charge in [-0.25, -0.2) is 0 Å². The van der Waals surface area contributed by atoms with Crippen molar-refractivity contribution in [2.45, 2.75) is 20.3 Å². The van der Waals surface area contributed by atoms with Crippen LogP contribution in [-0.4, -0.2) is 44.2 Å². The summed E-state index contributed by atoms with van der Waals surface area (Å²) in [6.07, 6.45) is 2.72. The van der Waals surface area contributed by atoms with Gasteiger partial charge in [0.25, 0.3) is 0 Å². The van der Waals surface area contributed by atoms with Crippen LogP contribution in [0.4, 0.5) is 0 Å². The average molecular weight is 214 g/mol. The summed E-state index contributed by atoms with van der Waals surface area (Å²) in [5.41, 5.74) is 0. The highest BCUT2D eigenvalue weighted by Gasteiger charge is 2.16. The Morgan fingerprint density at radius 2 is 2.13 bits per heavy atom. The number of hydrogen-bond acceptors (Lipinski definition) is 2. The predicted octanol–water partition coefficient (Wildman–Crippen LogP) is 1.84. The maximum absolute atomic E-state index is 11.4. The topological polar surface area (TPSA) is 26.3 Å². The van der Waals surface area contributed by atoms with Crippen LogP contribution >= 0.6 is 0 Å². The zero-order valence-electron chi connectivity index (χ0n) is 10.5. The van der Waals surface area contributed by atoms with E-state index < -0.39 is 0 Å². The van der Waals surface area contributed by atoms with Crippen molar-refractivity contribution in [2.75, 3.05) is 33.8 Å². The maximum Gasteiger partial charge on any atom is 0.308 e. The number of carbonyl (C=O) groups excluding carboxylic acids is 1. The van der Waals surface area contributed by atoms with Gasteiger partial charge in [0.1, 0.15) is 13.2 Å². The third kappa shape index (κ3) is 6.28. The van der Waals surface area contributed by atoms with Crippen molar-refractivity contribution in [3.63, 3.8) is 0 Å². The average Bonchev–Trinajstić information content (AvgIpc) is 2.15. The third-order valence-electron chi connectivity index (χ3n) is 2.58. The molecule has 0 aliphatic heterocycles. The zero-order chi connectivity index (χ0) is 11.9. The van der Waals surface area contributed by atoms with E-state index in [1.807, 2.05) is 19.9 Å². The Kier molecular flexibility index (Phi) is 6.25. The van der Waals surface area contributed by atoms with E-state index in [1.54, 1.807) is 0 Å². The fourth-order valence-electron chi connectivity index (χ4n) is 1.14. The van der Waals surface area contributed by atoms with E-state index in [9.17, 15) is 4.79 Å². The largest absolute Gasteiger partial charge is 0.459 e. The molecule has 0 aromatic carbocycles. The summed E-state index contributed by atoms with van der Waals surface area (Å²) in [4.78, 5) is 11.4. The molecular formula is C12H24NO2+. The van der Waals surface area contributed by atoms with E-state index in [1.165, 1.54) is 0 Å². The van der Waals surface area contributed by atoms with Crippen LogP contribution in [0.5, 0.6) is 0 Å². The number of likely N-dealkylation sites (N-methyl/N-ethyl adjacent to an activating group) is 1. The molecule has 0 saturated heterocycles. The number of carbonyl (C=O) groups is 1. The van der Waals surface area contributed by atoms with Crippen LogP contribution in [-0.2, 0) is 9.53 Å². The molecule has 0 heterocycles. The second-order valence-electron chi connectivity index (χ2n) is 4.61. The van der Waals surface area contributed by atoms with E-state index in [0.29, 0.717) is 6.61 Å². The minimum absolute atomic E-state index is 0.0139. The molecule has 0 spiro atoms. The van der Waals surface area contributed by atoms with Crippen molar-refractivity contribution in [1.29, 1.82) is 0 Å². The molecule has 0 radical (unpaired) electrons. The first kappa shape index (κ1) is 14.2. The van der Waals surface area contributed by atoms with Crippen LogP contribution in [0.25, 0.3) is 0 Å². The Hall–Kier alpha value is -0.830. The van der Waals surface area contributed by atoms with Crippen LogP contribution in [0.15, 0.2) is 12.7 Å². The first-order valence-corrected chi connectivity index (χ1v) is 5.52. The molecular weight excluding hydrogens is 190 g/mol. The highest BCUT2D eigenvalue weighted by atomic mass is 16.5. The second-order valence-corrected chi connectivity index (χ2v) is 4.61. The molecule has 0 N–H and O–H groups in total. The fraction of sp³-hybridized carbons (Fsp3) is 0.750. The van der Waals surface area contributed by atoms with Crippen molar-refractivity contribution >= 4 is 5.97 Å². The van der Waals surface area contributed by atoms with Gasteiger partial charge in [0, 0.05) is 0 Å². The highest BCUT2D eigenvalue weighted by Crippen LogP contribution is 2.04. The zero-order valence-corrected chi connectivity index (χ0v) is 10.5. The maximum atomic E-state index is 11.4. The number of quaternary nitrogens is 1. The van der Waals surface area contributed by atoms with Crippen molar-refractivity contribution < 1.29 is 14.0 Å². The summed E-state index contributed by atoms with van der Waals surface area (Å²) < 4.78 is 5.99. The lowest BCUT2D eigenvalue weighted by Gasteiger charge is -2.28. The Morgan fingerprint density at radius 3 is 2.60 bits per heavy atom. The van der Waals surface area contributed by atoms with Crippen molar-refractivity contribution in [3.05, 3.63) is 12.7 Å². The molecule has 0 bridgehead atoms. The van der Waals surface area contributed by atoms with Gasteiger partial charge >= 0.3 is 5.97 Å². The van der Waals surface area contributed by atoms with Gasteiger partial charge in [0.15, 0.2) is 0 Å². The van der Waals surface area contributed by atoms with E-state index in [2.05, 4.69) is 20.7 Å². The molecule has 0 aromatic rings. The van der Waals surface area contributed by atoms with Crippen molar-refractivity contribution in [3.8, 4) is 0 Å². The molecule has 0 aromatic heterocycles. The SMILES string of the molecule is C=CC[N+](C)(C)CCOC(=O)C(C)CC. The van der Waals surface area contributed by atoms with Crippen LogP contribution in [0.2, 0.25) is 0 Å². The van der Waals surface area contributed by atoms with Gasteiger partial charge in [-0.2, -0.15) is 0 Å².